The summed E-state index contributed by atoms with van der Waals surface area (Å²) in [5.41, 5.74) is 0.875. The highest BCUT2D eigenvalue weighted by atomic mass is 79.9. The molecule has 2 rings (SSSR count). The lowest BCUT2D eigenvalue weighted by Gasteiger charge is -2.07. The summed E-state index contributed by atoms with van der Waals surface area (Å²) >= 11 is 9.10. The molecule has 110 valence electrons. The number of anilines is 1. The first-order valence-electron chi connectivity index (χ1n) is 5.66. The number of rotatable bonds is 3. The number of benzene rings is 2. The molecule has 0 saturated carbocycles. The third-order valence-corrected chi connectivity index (χ3v) is 4.77. The Balaban J connectivity index is 2.18. The predicted octanol–water partition coefficient (Wildman–Crippen LogP) is 3.00. The fourth-order valence-corrected chi connectivity index (χ4v) is 2.58. The molecule has 2 aromatic rings. The molecule has 0 aliphatic heterocycles. The van der Waals surface area contributed by atoms with E-state index in [9.17, 15) is 13.2 Å². The van der Waals surface area contributed by atoms with Crippen LogP contribution in [0.2, 0.25) is 5.02 Å². The molecule has 0 fully saturated rings. The number of nitrogens with two attached hydrogens (primary N) is 1. The van der Waals surface area contributed by atoms with Gasteiger partial charge < -0.3 is 5.32 Å². The van der Waals surface area contributed by atoms with Crippen molar-refractivity contribution >= 4 is 49.1 Å². The highest BCUT2D eigenvalue weighted by molar-refractivity contribution is 9.10. The highest BCUT2D eigenvalue weighted by Crippen LogP contribution is 2.23. The zero-order valence-electron chi connectivity index (χ0n) is 10.5. The van der Waals surface area contributed by atoms with Crippen molar-refractivity contribution in [3.63, 3.8) is 0 Å². The molecule has 21 heavy (non-hydrogen) atoms. The summed E-state index contributed by atoms with van der Waals surface area (Å²) in [6, 6.07) is 10.3. The molecule has 0 aromatic heterocycles. The maximum absolute atomic E-state index is 12.0. The van der Waals surface area contributed by atoms with E-state index in [2.05, 4.69) is 21.2 Å². The van der Waals surface area contributed by atoms with Crippen LogP contribution in [-0.2, 0) is 10.0 Å². The molecule has 0 bridgehead atoms. The SMILES string of the molecule is NS(=O)(=O)c1ccc(NC(=O)c2ccc(Cl)c(Br)c2)cc1. The molecule has 0 heterocycles. The molecule has 1 amide bonds. The molecule has 0 saturated heterocycles. The summed E-state index contributed by atoms with van der Waals surface area (Å²) in [5, 5.41) is 8.15. The summed E-state index contributed by atoms with van der Waals surface area (Å²) in [6.45, 7) is 0. The maximum Gasteiger partial charge on any atom is 0.255 e. The topological polar surface area (TPSA) is 89.3 Å². The van der Waals surface area contributed by atoms with Crippen molar-refractivity contribution in [3.05, 3.63) is 57.5 Å². The molecule has 5 nitrogen and oxygen atoms in total. The zero-order chi connectivity index (χ0) is 15.6. The third-order valence-electron chi connectivity index (χ3n) is 2.62. The van der Waals surface area contributed by atoms with E-state index < -0.39 is 10.0 Å². The van der Waals surface area contributed by atoms with Gasteiger partial charge in [-0.2, -0.15) is 0 Å². The zero-order valence-corrected chi connectivity index (χ0v) is 13.7. The van der Waals surface area contributed by atoms with Crippen LogP contribution in [0.1, 0.15) is 10.4 Å². The molecule has 0 spiro atoms. The second-order valence-electron chi connectivity index (χ2n) is 4.15. The van der Waals surface area contributed by atoms with Crippen LogP contribution in [0.3, 0.4) is 0 Å². The van der Waals surface area contributed by atoms with Crippen molar-refractivity contribution in [2.75, 3.05) is 5.32 Å². The van der Waals surface area contributed by atoms with E-state index in [4.69, 9.17) is 16.7 Å². The Morgan fingerprint density at radius 2 is 1.76 bits per heavy atom. The van der Waals surface area contributed by atoms with Crippen LogP contribution in [0.4, 0.5) is 5.69 Å². The van der Waals surface area contributed by atoms with Gasteiger partial charge in [-0.25, -0.2) is 13.6 Å². The summed E-state index contributed by atoms with van der Waals surface area (Å²) in [4.78, 5) is 12.0. The quantitative estimate of drug-likeness (QED) is 0.845. The number of sulfonamides is 1. The summed E-state index contributed by atoms with van der Waals surface area (Å²) in [6.07, 6.45) is 0. The van der Waals surface area contributed by atoms with Gasteiger partial charge in [-0.1, -0.05) is 11.6 Å². The minimum absolute atomic E-state index is 0.0188. The number of amides is 1. The van der Waals surface area contributed by atoms with Gasteiger partial charge in [-0.15, -0.1) is 0 Å². The average molecular weight is 390 g/mol. The van der Waals surface area contributed by atoms with Crippen LogP contribution in [0, 0.1) is 0 Å². The van der Waals surface area contributed by atoms with Gasteiger partial charge in [-0.05, 0) is 58.4 Å². The number of carbonyl (C=O) groups is 1. The normalized spacial score (nSPS) is 11.2. The number of nitrogens with one attached hydrogen (secondary N) is 1. The predicted molar refractivity (Wildman–Crippen MR) is 84.9 cm³/mol. The second kappa shape index (κ2) is 6.15. The molecule has 2 aromatic carbocycles. The first kappa shape index (κ1) is 16.0. The molecule has 0 aliphatic rings. The molecule has 0 atom stereocenters. The molecule has 8 heteroatoms. The summed E-state index contributed by atoms with van der Waals surface area (Å²) in [5.74, 6) is -0.337. The van der Waals surface area contributed by atoms with Gasteiger partial charge in [0, 0.05) is 15.7 Å². The van der Waals surface area contributed by atoms with Gasteiger partial charge in [-0.3, -0.25) is 4.79 Å². The fraction of sp³-hybridized carbons (Fsp3) is 0. The van der Waals surface area contributed by atoms with E-state index in [0.29, 0.717) is 20.7 Å². The average Bonchev–Trinajstić information content (AvgIpc) is 2.41. The lowest BCUT2D eigenvalue weighted by Crippen LogP contribution is -2.13. The Morgan fingerprint density at radius 1 is 1.14 bits per heavy atom. The Labute approximate surface area is 135 Å². The minimum atomic E-state index is -3.74. The van der Waals surface area contributed by atoms with Crippen molar-refractivity contribution in [1.29, 1.82) is 0 Å². The van der Waals surface area contributed by atoms with Gasteiger partial charge in [0.25, 0.3) is 5.91 Å². The Bertz CT molecular complexity index is 792. The van der Waals surface area contributed by atoms with Crippen LogP contribution in [0.15, 0.2) is 51.8 Å². The van der Waals surface area contributed by atoms with Crippen LogP contribution >= 0.6 is 27.5 Å². The van der Waals surface area contributed by atoms with Gasteiger partial charge >= 0.3 is 0 Å². The van der Waals surface area contributed by atoms with E-state index in [1.54, 1.807) is 18.2 Å². The summed E-state index contributed by atoms with van der Waals surface area (Å²) in [7, 11) is -3.74. The number of hydrogen-bond acceptors (Lipinski definition) is 3. The standard InChI is InChI=1S/C13H10BrClN2O3S/c14-11-7-8(1-6-12(11)15)13(18)17-9-2-4-10(5-3-9)21(16,19)20/h1-7H,(H,17,18)(H2,16,19,20). The Hall–Kier alpha value is -1.41. The van der Waals surface area contributed by atoms with E-state index in [-0.39, 0.29) is 10.8 Å². The minimum Gasteiger partial charge on any atom is -0.322 e. The lowest BCUT2D eigenvalue weighted by molar-refractivity contribution is 0.102. The Kier molecular flexibility index (Phi) is 4.67. The van der Waals surface area contributed by atoms with Crippen molar-refractivity contribution in [3.8, 4) is 0 Å². The van der Waals surface area contributed by atoms with Gasteiger partial charge in [0.2, 0.25) is 10.0 Å². The van der Waals surface area contributed by atoms with Gasteiger partial charge in [0.1, 0.15) is 0 Å². The van der Waals surface area contributed by atoms with Crippen LogP contribution in [0.5, 0.6) is 0 Å². The molecule has 3 N–H and O–H groups in total. The Morgan fingerprint density at radius 3 is 2.29 bits per heavy atom. The largest absolute Gasteiger partial charge is 0.322 e. The van der Waals surface area contributed by atoms with Crippen molar-refractivity contribution in [2.45, 2.75) is 4.90 Å². The number of halogens is 2. The first-order chi connectivity index (χ1) is 9.77. The monoisotopic (exact) mass is 388 g/mol. The molecule has 0 radical (unpaired) electrons. The fourth-order valence-electron chi connectivity index (χ4n) is 1.57. The number of carbonyl (C=O) groups excluding carboxylic acids is 1. The van der Waals surface area contributed by atoms with Crippen molar-refractivity contribution in [2.24, 2.45) is 5.14 Å². The maximum atomic E-state index is 12.0. The van der Waals surface area contributed by atoms with E-state index in [0.717, 1.165) is 0 Å². The van der Waals surface area contributed by atoms with Crippen LogP contribution < -0.4 is 10.5 Å². The number of primary sulfonamides is 1. The van der Waals surface area contributed by atoms with Gasteiger partial charge in [0.05, 0.1) is 9.92 Å². The first-order valence-corrected chi connectivity index (χ1v) is 8.38. The lowest BCUT2D eigenvalue weighted by atomic mass is 10.2. The highest BCUT2D eigenvalue weighted by Gasteiger charge is 2.10. The third kappa shape index (κ3) is 4.04. The van der Waals surface area contributed by atoms with E-state index in [1.807, 2.05) is 0 Å². The van der Waals surface area contributed by atoms with Crippen LogP contribution in [0.25, 0.3) is 0 Å². The molecule has 0 aliphatic carbocycles. The summed E-state index contributed by atoms with van der Waals surface area (Å²) < 4.78 is 22.9. The van der Waals surface area contributed by atoms with E-state index >= 15 is 0 Å². The smallest absolute Gasteiger partial charge is 0.255 e. The molecular weight excluding hydrogens is 380 g/mol. The van der Waals surface area contributed by atoms with Gasteiger partial charge in [0.15, 0.2) is 0 Å². The second-order valence-corrected chi connectivity index (χ2v) is 6.98. The molecule has 0 unspecified atom stereocenters. The van der Waals surface area contributed by atoms with Crippen LogP contribution in [-0.4, -0.2) is 14.3 Å². The van der Waals surface area contributed by atoms with Crippen molar-refractivity contribution in [1.82, 2.24) is 0 Å². The molecular formula is C13H10BrClN2O3S. The van der Waals surface area contributed by atoms with Crippen molar-refractivity contribution < 1.29 is 13.2 Å². The number of hydrogen-bond donors (Lipinski definition) is 2. The van der Waals surface area contributed by atoms with E-state index in [1.165, 1.54) is 24.3 Å².